The van der Waals surface area contributed by atoms with Gasteiger partial charge in [0.05, 0.1) is 18.6 Å². The van der Waals surface area contributed by atoms with Crippen LogP contribution in [0.15, 0.2) is 12.5 Å². The number of hydrogen-bond donors (Lipinski definition) is 4. The zero-order valence-corrected chi connectivity index (χ0v) is 10.8. The van der Waals surface area contributed by atoms with Crippen LogP contribution in [0, 0.1) is 0 Å². The van der Waals surface area contributed by atoms with Gasteiger partial charge in [0.25, 0.3) is 0 Å². The number of urea groups is 1. The third kappa shape index (κ3) is 3.34. The van der Waals surface area contributed by atoms with E-state index in [9.17, 15) is 9.59 Å². The van der Waals surface area contributed by atoms with Gasteiger partial charge in [0, 0.05) is 13.2 Å². The number of aromatic nitrogens is 2. The van der Waals surface area contributed by atoms with Gasteiger partial charge in [0.15, 0.2) is 0 Å². The monoisotopic (exact) mass is 468 g/mol. The maximum absolute atomic E-state index is 11.3. The van der Waals surface area contributed by atoms with E-state index in [0.717, 1.165) is 5.01 Å². The van der Waals surface area contributed by atoms with E-state index in [1.165, 1.54) is 19.8 Å². The van der Waals surface area contributed by atoms with Gasteiger partial charge in [-0.15, -0.1) is 6.41 Å². The molecule has 0 radical (unpaired) electrons. The molecule has 1 rings (SSSR count). The Hall–Kier alpha value is -3.09. The standard InChI is InChI=1S/C7H11N6O2.Fm/c1-8-12-7(15)13(11-5-14)3-6-2-9-4-10-6;/h2,4,8H,3H2,1H3,(H,9,10)(H,11,14)(H,12,15);/q-1;. The van der Waals surface area contributed by atoms with Gasteiger partial charge in [0.2, 0.25) is 0 Å². The van der Waals surface area contributed by atoms with Gasteiger partial charge in [-0.1, -0.05) is 0 Å². The number of hydrogen-bond acceptors (Lipinski definition) is 4. The van der Waals surface area contributed by atoms with Crippen LogP contribution in [0.2, 0.25) is 0 Å². The first-order valence-corrected chi connectivity index (χ1v) is 4.12. The minimum Gasteiger partial charge on any atom is -0.518 e. The molecule has 16 heavy (non-hydrogen) atoms. The Bertz CT molecular complexity index is 317. The summed E-state index contributed by atoms with van der Waals surface area (Å²) in [7, 11) is 1.54. The number of imidazole rings is 1. The summed E-state index contributed by atoms with van der Waals surface area (Å²) in [6.45, 7) is 0.169. The summed E-state index contributed by atoms with van der Waals surface area (Å²) in [5.74, 6) is 0. The van der Waals surface area contributed by atoms with Crippen molar-refractivity contribution in [3.05, 3.63) is 18.2 Å². The van der Waals surface area contributed by atoms with Crippen molar-refractivity contribution >= 4 is 12.4 Å². The van der Waals surface area contributed by atoms with E-state index in [-0.39, 0.29) is 6.54 Å². The molecule has 0 unspecified atom stereocenters. The molecule has 1 aromatic heterocycles. The molecule has 0 spiro atoms. The quantitative estimate of drug-likeness (QED) is 0.243. The van der Waals surface area contributed by atoms with E-state index >= 15 is 0 Å². The molecule has 3 amide bonds. The van der Waals surface area contributed by atoms with Crippen LogP contribution in [0.1, 0.15) is 5.69 Å². The van der Waals surface area contributed by atoms with Gasteiger partial charge in [-0.05, 0) is 0 Å². The second kappa shape index (κ2) is 6.38. The fourth-order valence-corrected chi connectivity index (χ4v) is 0.933. The molecular formula is C7H11FmN6O2-. The number of nitrogens with one attached hydrogen (secondary N) is 4. The molecule has 0 aliphatic rings. The molecule has 0 fully saturated rings. The molecule has 0 aliphatic carbocycles. The van der Waals surface area contributed by atoms with Crippen LogP contribution < -0.4 is 16.3 Å². The summed E-state index contributed by atoms with van der Waals surface area (Å²) in [5.41, 5.74) is 7.57. The number of amides is 3. The Morgan fingerprint density at radius 2 is 2.44 bits per heavy atom. The van der Waals surface area contributed by atoms with Gasteiger partial charge in [0.1, 0.15) is 0 Å². The molecule has 0 aromatic carbocycles. The van der Waals surface area contributed by atoms with Crippen molar-refractivity contribution in [2.24, 2.45) is 0 Å². The second-order valence-corrected chi connectivity index (χ2v) is 2.56. The van der Waals surface area contributed by atoms with Crippen molar-refractivity contribution < 1.29 is 9.59 Å². The number of carbonyl (C=O) groups excluding carboxylic acids is 2. The zero-order valence-electron chi connectivity index (χ0n) is 8.36. The molecule has 0 saturated carbocycles. The Balaban J connectivity index is 0.00000225. The summed E-state index contributed by atoms with van der Waals surface area (Å²) in [5, 5.41) is 1.04. The summed E-state index contributed by atoms with van der Waals surface area (Å²) < 4.78 is 0. The first-order valence-electron chi connectivity index (χ1n) is 4.12. The van der Waals surface area contributed by atoms with Crippen LogP contribution in [0.5, 0.6) is 0 Å². The van der Waals surface area contributed by atoms with E-state index in [4.69, 9.17) is 0 Å². The van der Waals surface area contributed by atoms with E-state index in [2.05, 4.69) is 26.2 Å². The summed E-state index contributed by atoms with van der Waals surface area (Å²) in [6, 6.07) is -0.504. The predicted molar refractivity (Wildman–Crippen MR) is 50.6 cm³/mol. The van der Waals surface area contributed by atoms with Gasteiger partial charge >= 0.3 is 6.03 Å². The smallest absolute Gasteiger partial charge is 0.348 e. The molecule has 8 nitrogen and oxygen atoms in total. The number of hydrazine groups is 2. The molecular weight excluding hydrogens is 457 g/mol. The van der Waals surface area contributed by atoms with Crippen LogP contribution in [0.25, 0.3) is 0 Å². The zero-order chi connectivity index (χ0) is 11.1. The van der Waals surface area contributed by atoms with Crippen molar-refractivity contribution in [2.75, 3.05) is 7.05 Å². The average Bonchev–Trinajstić information content (AvgIpc) is 2.70. The van der Waals surface area contributed by atoms with Crippen molar-refractivity contribution in [3.8, 4) is 0 Å². The van der Waals surface area contributed by atoms with E-state index < -0.39 is 6.03 Å². The van der Waals surface area contributed by atoms with Crippen LogP contribution in [0.4, 0.5) is 4.79 Å². The number of H-pyrrole nitrogens is 1. The minimum atomic E-state index is -0.504. The van der Waals surface area contributed by atoms with Crippen molar-refractivity contribution in [3.63, 3.8) is 0 Å². The summed E-state index contributed by atoms with van der Waals surface area (Å²) in [4.78, 5) is 28.1. The number of nitrogens with zero attached hydrogens (tertiary/aromatic N) is 2. The molecule has 0 saturated heterocycles. The molecule has 4 N–H and O–H groups in total. The van der Waals surface area contributed by atoms with Crippen molar-refractivity contribution in [1.82, 2.24) is 31.3 Å². The largest absolute Gasteiger partial charge is 0.518 e. The number of aromatic amines is 1. The van der Waals surface area contributed by atoms with Crippen LogP contribution in [-0.4, -0.2) is 34.5 Å². The van der Waals surface area contributed by atoms with Gasteiger partial charge in [-0.2, -0.15) is 0 Å². The molecule has 9 heteroatoms. The van der Waals surface area contributed by atoms with E-state index in [1.54, 1.807) is 6.20 Å². The first-order chi connectivity index (χ1) is 7.27. The molecule has 1 aromatic rings. The number of rotatable bonds is 5. The van der Waals surface area contributed by atoms with Gasteiger partial charge < -0.3 is 15.2 Å². The van der Waals surface area contributed by atoms with Crippen LogP contribution in [0.3, 0.4) is 0 Å². The van der Waals surface area contributed by atoms with E-state index in [0.29, 0.717) is 5.69 Å². The topological polar surface area (TPSA) is 102 Å². The van der Waals surface area contributed by atoms with Gasteiger partial charge in [-0.25, -0.2) is 15.2 Å². The van der Waals surface area contributed by atoms with E-state index in [1.807, 2.05) is 0 Å². The minimum absolute atomic E-state index is 0. The molecule has 0 bridgehead atoms. The summed E-state index contributed by atoms with van der Waals surface area (Å²) >= 11 is 0. The average molecular weight is 468 g/mol. The maximum atomic E-state index is 11.3. The van der Waals surface area contributed by atoms with Crippen molar-refractivity contribution in [1.29, 1.82) is 0 Å². The van der Waals surface area contributed by atoms with Crippen LogP contribution in [-0.2, 0) is 11.3 Å². The van der Waals surface area contributed by atoms with Gasteiger partial charge in [-0.3, -0.25) is 10.4 Å². The Kier molecular flexibility index (Phi) is 5.15. The Labute approximate surface area is 86.0 Å². The summed E-state index contributed by atoms with van der Waals surface area (Å²) in [6.07, 6.45) is 4.45. The Morgan fingerprint density at radius 3 is 2.94 bits per heavy atom. The fraction of sp³-hybridized carbons (Fsp3) is 0.286. The second-order valence-electron chi connectivity index (χ2n) is 2.56. The Morgan fingerprint density at radius 1 is 1.69 bits per heavy atom. The fourth-order valence-electron chi connectivity index (χ4n) is 0.933. The molecule has 0 aliphatic heterocycles. The third-order valence-corrected chi connectivity index (χ3v) is 1.54. The molecule has 0 atom stereocenters. The first kappa shape index (κ1) is 12.9. The van der Waals surface area contributed by atoms with Crippen LogP contribution >= 0.6 is 0 Å². The maximum Gasteiger partial charge on any atom is 0.348 e. The molecule has 1 heterocycles. The predicted octanol–water partition coefficient (Wildman–Crippen LogP) is -1.37. The normalized spacial score (nSPS) is 8.81. The van der Waals surface area contributed by atoms with Crippen molar-refractivity contribution in [2.45, 2.75) is 6.54 Å². The molecule has 94 valence electrons. The SMILES string of the molecule is CNNC(=O)N(Cc1cnc[nH]1)N[C-]=O.[Fm]. The third-order valence-electron chi connectivity index (χ3n) is 1.54. The number of carbonyl (C=O) groups is 1.